The Kier molecular flexibility index (Phi) is 2.50. The molecule has 1 aromatic carbocycles. The first kappa shape index (κ1) is 10.1. The molecule has 0 amide bonds. The molecule has 6 nitrogen and oxygen atoms in total. The van der Waals surface area contributed by atoms with Gasteiger partial charge >= 0.3 is 5.82 Å². The normalized spacial score (nSPS) is 11.1. The van der Waals surface area contributed by atoms with E-state index in [4.69, 9.17) is 11.5 Å². The Bertz CT molecular complexity index is 513. The molecule has 0 saturated carbocycles. The van der Waals surface area contributed by atoms with Gasteiger partial charge < -0.3 is 5.73 Å². The molecule has 0 saturated heterocycles. The molecular formula is C9H10FN6+. The number of hydrogen-bond donors (Lipinski definition) is 3. The summed E-state index contributed by atoms with van der Waals surface area (Å²) in [4.78, 5) is 0. The predicted molar refractivity (Wildman–Crippen MR) is 56.7 cm³/mol. The van der Waals surface area contributed by atoms with Gasteiger partial charge in [-0.05, 0) is 12.1 Å². The Morgan fingerprint density at radius 2 is 1.94 bits per heavy atom. The number of rotatable bonds is 2. The third-order valence-corrected chi connectivity index (χ3v) is 1.95. The van der Waals surface area contributed by atoms with Crippen LogP contribution < -0.4 is 16.6 Å². The smallest absolute Gasteiger partial charge is 0.320 e. The summed E-state index contributed by atoms with van der Waals surface area (Å²) in [5.41, 5.74) is 11.5. The van der Waals surface area contributed by atoms with E-state index >= 15 is 0 Å². The van der Waals surface area contributed by atoms with Crippen molar-refractivity contribution in [3.63, 3.8) is 0 Å². The molecule has 7 heteroatoms. The quantitative estimate of drug-likeness (QED) is 0.669. The molecule has 0 radical (unpaired) electrons. The average molecular weight is 221 g/mol. The lowest BCUT2D eigenvalue weighted by molar-refractivity contribution is -0.431. The minimum absolute atomic E-state index is 0.127. The maximum absolute atomic E-state index is 13.2. The molecule has 16 heavy (non-hydrogen) atoms. The second-order valence-corrected chi connectivity index (χ2v) is 3.08. The topological polar surface area (TPSA) is 107 Å². The molecule has 0 aliphatic heterocycles. The highest BCUT2D eigenvalue weighted by atomic mass is 19.1. The third kappa shape index (κ3) is 1.83. The number of halogens is 1. The number of H-pyrrole nitrogens is 2. The zero-order valence-corrected chi connectivity index (χ0v) is 8.24. The molecule has 0 unspecified atom stereocenters. The van der Waals surface area contributed by atoms with Crippen molar-refractivity contribution in [1.82, 2.24) is 5.10 Å². The number of hydrogen-bond acceptors (Lipinski definition) is 4. The maximum atomic E-state index is 13.2. The van der Waals surface area contributed by atoms with Crippen LogP contribution in [0.1, 0.15) is 0 Å². The van der Waals surface area contributed by atoms with E-state index in [-0.39, 0.29) is 23.0 Å². The van der Waals surface area contributed by atoms with Crippen LogP contribution in [0, 0.1) is 5.82 Å². The summed E-state index contributed by atoms with van der Waals surface area (Å²) in [5.74, 6) is 0.0399. The number of aromatic nitrogens is 2. The first-order valence-electron chi connectivity index (χ1n) is 4.49. The van der Waals surface area contributed by atoms with Crippen molar-refractivity contribution >= 4 is 23.0 Å². The number of nitrogens with zero attached hydrogens (tertiary/aromatic N) is 2. The van der Waals surface area contributed by atoms with Gasteiger partial charge in [-0.15, -0.1) is 10.2 Å². The second kappa shape index (κ2) is 3.97. The van der Waals surface area contributed by atoms with E-state index in [0.29, 0.717) is 0 Å². The van der Waals surface area contributed by atoms with Gasteiger partial charge in [0.15, 0.2) is 11.6 Å². The van der Waals surface area contributed by atoms with Crippen molar-refractivity contribution < 1.29 is 9.49 Å². The van der Waals surface area contributed by atoms with Crippen molar-refractivity contribution in [3.05, 3.63) is 30.1 Å². The standard InChI is InChI=1S/C9H9FN6/c10-5-3-1-2-4-6(5)13-14-7-8(11)15-16-9(7)12/h1-4H,(H5,11,12,15,16)/p+1. The molecule has 2 aromatic rings. The van der Waals surface area contributed by atoms with Crippen LogP contribution in [0.15, 0.2) is 34.5 Å². The van der Waals surface area contributed by atoms with Gasteiger partial charge in [0.2, 0.25) is 5.69 Å². The fourth-order valence-corrected chi connectivity index (χ4v) is 1.14. The Hall–Kier alpha value is -2.44. The molecule has 0 atom stereocenters. The van der Waals surface area contributed by atoms with Crippen molar-refractivity contribution in [2.75, 3.05) is 11.5 Å². The van der Waals surface area contributed by atoms with Crippen LogP contribution in [0.4, 0.5) is 27.4 Å². The van der Waals surface area contributed by atoms with Gasteiger partial charge in [-0.25, -0.2) is 9.49 Å². The van der Waals surface area contributed by atoms with E-state index in [1.807, 2.05) is 0 Å². The van der Waals surface area contributed by atoms with E-state index in [1.54, 1.807) is 12.1 Å². The molecule has 0 aliphatic carbocycles. The van der Waals surface area contributed by atoms with Crippen LogP contribution in [0.2, 0.25) is 0 Å². The maximum Gasteiger partial charge on any atom is 0.320 e. The van der Waals surface area contributed by atoms with Crippen LogP contribution in [0.3, 0.4) is 0 Å². The zero-order valence-electron chi connectivity index (χ0n) is 8.24. The average Bonchev–Trinajstić information content (AvgIpc) is 2.58. The van der Waals surface area contributed by atoms with Crippen molar-refractivity contribution in [1.29, 1.82) is 0 Å². The molecule has 0 aliphatic rings. The molecule has 2 rings (SSSR count). The highest BCUT2D eigenvalue weighted by Crippen LogP contribution is 2.26. The van der Waals surface area contributed by atoms with Gasteiger partial charge in [0.1, 0.15) is 5.69 Å². The molecule has 0 spiro atoms. The van der Waals surface area contributed by atoms with Crippen molar-refractivity contribution in [2.45, 2.75) is 0 Å². The highest BCUT2D eigenvalue weighted by Gasteiger charge is 2.11. The van der Waals surface area contributed by atoms with Crippen LogP contribution in [0.25, 0.3) is 0 Å². The predicted octanol–water partition coefficient (Wildman–Crippen LogP) is 1.55. The van der Waals surface area contributed by atoms with Crippen LogP contribution in [0.5, 0.6) is 0 Å². The second-order valence-electron chi connectivity index (χ2n) is 3.08. The Morgan fingerprint density at radius 1 is 1.19 bits per heavy atom. The minimum atomic E-state index is -0.456. The molecule has 0 fully saturated rings. The summed E-state index contributed by atoms with van der Waals surface area (Å²) >= 11 is 0. The molecular weight excluding hydrogens is 211 g/mol. The molecule has 0 bridgehead atoms. The molecule has 1 heterocycles. The SMILES string of the molecule is Nc1[nH][nH+]c(N)c1N=Nc1ccccc1F. The summed E-state index contributed by atoms with van der Waals surface area (Å²) in [6.45, 7) is 0. The third-order valence-electron chi connectivity index (χ3n) is 1.95. The number of azo groups is 1. The summed E-state index contributed by atoms with van der Waals surface area (Å²) in [7, 11) is 0. The zero-order chi connectivity index (χ0) is 11.5. The van der Waals surface area contributed by atoms with E-state index in [1.165, 1.54) is 12.1 Å². The van der Waals surface area contributed by atoms with E-state index < -0.39 is 5.82 Å². The lowest BCUT2D eigenvalue weighted by atomic mass is 10.3. The first-order valence-corrected chi connectivity index (χ1v) is 4.49. The van der Waals surface area contributed by atoms with Crippen molar-refractivity contribution in [2.24, 2.45) is 10.2 Å². The molecule has 82 valence electrons. The Labute approximate surface area is 90.2 Å². The Balaban J connectivity index is 2.32. The summed E-state index contributed by atoms with van der Waals surface area (Å²) in [6, 6.07) is 6.03. The van der Waals surface area contributed by atoms with Crippen molar-refractivity contribution in [3.8, 4) is 0 Å². The molecule has 1 aromatic heterocycles. The minimum Gasteiger partial charge on any atom is -0.381 e. The van der Waals surface area contributed by atoms with Gasteiger partial charge in [0.25, 0.3) is 0 Å². The number of aromatic amines is 2. The number of nitrogen functional groups attached to an aromatic ring is 2. The van der Waals surface area contributed by atoms with E-state index in [9.17, 15) is 4.39 Å². The van der Waals surface area contributed by atoms with Crippen LogP contribution in [-0.4, -0.2) is 5.10 Å². The number of benzene rings is 1. The lowest BCUT2D eigenvalue weighted by Gasteiger charge is -1.92. The van der Waals surface area contributed by atoms with Crippen LogP contribution >= 0.6 is 0 Å². The monoisotopic (exact) mass is 221 g/mol. The van der Waals surface area contributed by atoms with Gasteiger partial charge in [-0.1, -0.05) is 12.1 Å². The summed E-state index contributed by atoms with van der Waals surface area (Å²) in [6.07, 6.45) is 0. The van der Waals surface area contributed by atoms with Gasteiger partial charge in [0, 0.05) is 0 Å². The lowest BCUT2D eigenvalue weighted by Crippen LogP contribution is -2.07. The van der Waals surface area contributed by atoms with Gasteiger partial charge in [0.05, 0.1) is 0 Å². The first-order chi connectivity index (χ1) is 7.68. The number of anilines is 2. The van der Waals surface area contributed by atoms with Crippen LogP contribution in [-0.2, 0) is 0 Å². The van der Waals surface area contributed by atoms with Gasteiger partial charge in [-0.2, -0.15) is 5.10 Å². The number of nitrogens with two attached hydrogens (primary N) is 2. The highest BCUT2D eigenvalue weighted by molar-refractivity contribution is 5.67. The Morgan fingerprint density at radius 3 is 2.56 bits per heavy atom. The largest absolute Gasteiger partial charge is 0.381 e. The van der Waals surface area contributed by atoms with Gasteiger partial charge in [-0.3, -0.25) is 5.73 Å². The summed E-state index contributed by atoms with van der Waals surface area (Å²) in [5, 5.41) is 12.6. The molecule has 6 N–H and O–H groups in total. The van der Waals surface area contributed by atoms with E-state index in [2.05, 4.69) is 20.4 Å². The summed E-state index contributed by atoms with van der Waals surface area (Å²) < 4.78 is 13.2. The number of nitrogens with one attached hydrogen (secondary N) is 2. The fourth-order valence-electron chi connectivity index (χ4n) is 1.14. The fraction of sp³-hybridized carbons (Fsp3) is 0. The van der Waals surface area contributed by atoms with E-state index in [0.717, 1.165) is 0 Å².